The maximum absolute atomic E-state index is 13.1. The van der Waals surface area contributed by atoms with E-state index in [-0.39, 0.29) is 17.4 Å². The number of thioether (sulfide) groups is 1. The van der Waals surface area contributed by atoms with Crippen LogP contribution >= 0.6 is 23.1 Å². The summed E-state index contributed by atoms with van der Waals surface area (Å²) in [6.07, 6.45) is 0.755. The van der Waals surface area contributed by atoms with Gasteiger partial charge in [-0.05, 0) is 74.9 Å². The standard InChI is InChI=1S/C26H27NO6S2/c1-5-19-14-21(23(29)16-6-8-17(32-4)9-7-16)24(35-19)27-22(28)15-34-20-12-10-18(11-13-20)33-26(2,3)25(30)31/h6-14H,5,15H2,1-4H3,(H,27,28)(H,30,31). The highest BCUT2D eigenvalue weighted by Gasteiger charge is 2.29. The van der Waals surface area contributed by atoms with Crippen molar-refractivity contribution in [2.75, 3.05) is 18.2 Å². The number of anilines is 1. The van der Waals surface area contributed by atoms with Crippen LogP contribution < -0.4 is 14.8 Å². The monoisotopic (exact) mass is 513 g/mol. The topological polar surface area (TPSA) is 102 Å². The molecule has 0 aliphatic carbocycles. The Kier molecular flexibility index (Phi) is 8.58. The van der Waals surface area contributed by atoms with Gasteiger partial charge in [0.15, 0.2) is 11.4 Å². The second-order valence-corrected chi connectivity index (χ2v) is 10.3. The minimum Gasteiger partial charge on any atom is -0.497 e. The molecule has 1 heterocycles. The minimum absolute atomic E-state index is 0.149. The molecule has 3 aromatic rings. The average molecular weight is 514 g/mol. The first kappa shape index (κ1) is 26.3. The number of carboxylic acids is 1. The summed E-state index contributed by atoms with van der Waals surface area (Å²) in [6, 6.07) is 15.6. The largest absolute Gasteiger partial charge is 0.497 e. The molecule has 0 bridgehead atoms. The van der Waals surface area contributed by atoms with E-state index >= 15 is 0 Å². The lowest BCUT2D eigenvalue weighted by molar-refractivity contribution is -0.152. The maximum Gasteiger partial charge on any atom is 0.347 e. The van der Waals surface area contributed by atoms with E-state index in [1.54, 1.807) is 55.6 Å². The Labute approximate surface area is 212 Å². The van der Waals surface area contributed by atoms with E-state index in [0.717, 1.165) is 16.2 Å². The number of hydrogen-bond donors (Lipinski definition) is 2. The van der Waals surface area contributed by atoms with Crippen LogP contribution in [0.15, 0.2) is 59.5 Å². The van der Waals surface area contributed by atoms with Crippen LogP contribution in [0.2, 0.25) is 0 Å². The van der Waals surface area contributed by atoms with Gasteiger partial charge >= 0.3 is 5.97 Å². The third kappa shape index (κ3) is 6.86. The molecule has 0 fully saturated rings. The third-order valence-electron chi connectivity index (χ3n) is 5.06. The Bertz CT molecular complexity index is 1200. The maximum atomic E-state index is 13.1. The molecular weight excluding hydrogens is 486 g/mol. The zero-order valence-corrected chi connectivity index (χ0v) is 21.5. The van der Waals surface area contributed by atoms with Gasteiger partial charge in [-0.1, -0.05) is 6.92 Å². The second-order valence-electron chi connectivity index (χ2n) is 8.09. The number of ketones is 1. The molecular formula is C26H27NO6S2. The van der Waals surface area contributed by atoms with Gasteiger partial charge in [0.05, 0.1) is 18.4 Å². The van der Waals surface area contributed by atoms with Crippen molar-refractivity contribution >= 4 is 45.8 Å². The van der Waals surface area contributed by atoms with E-state index in [2.05, 4.69) is 5.32 Å². The molecule has 0 atom stereocenters. The van der Waals surface area contributed by atoms with Crippen molar-refractivity contribution in [1.82, 2.24) is 0 Å². The van der Waals surface area contributed by atoms with Crippen molar-refractivity contribution in [3.63, 3.8) is 0 Å². The van der Waals surface area contributed by atoms with E-state index in [4.69, 9.17) is 9.47 Å². The second kappa shape index (κ2) is 11.4. The Balaban J connectivity index is 1.64. The molecule has 184 valence electrons. The molecule has 2 aromatic carbocycles. The molecule has 1 aromatic heterocycles. The number of carbonyl (C=O) groups is 3. The summed E-state index contributed by atoms with van der Waals surface area (Å²) in [6.45, 7) is 4.95. The quantitative estimate of drug-likeness (QED) is 0.257. The SMILES string of the molecule is CCc1cc(C(=O)c2ccc(OC)cc2)c(NC(=O)CSc2ccc(OC(C)(C)C(=O)O)cc2)s1. The van der Waals surface area contributed by atoms with Crippen LogP contribution in [0.4, 0.5) is 5.00 Å². The van der Waals surface area contributed by atoms with Gasteiger partial charge in [-0.15, -0.1) is 23.1 Å². The van der Waals surface area contributed by atoms with Gasteiger partial charge in [-0.3, -0.25) is 9.59 Å². The van der Waals surface area contributed by atoms with Crippen molar-refractivity contribution < 1.29 is 29.0 Å². The molecule has 35 heavy (non-hydrogen) atoms. The zero-order chi connectivity index (χ0) is 25.6. The Morgan fingerprint density at radius 2 is 1.66 bits per heavy atom. The normalized spacial score (nSPS) is 11.1. The van der Waals surface area contributed by atoms with Crippen LogP contribution in [0.25, 0.3) is 0 Å². The van der Waals surface area contributed by atoms with Gasteiger partial charge in [0.25, 0.3) is 0 Å². The summed E-state index contributed by atoms with van der Waals surface area (Å²) < 4.78 is 10.6. The van der Waals surface area contributed by atoms with Crippen molar-refractivity contribution in [3.8, 4) is 11.5 Å². The third-order valence-corrected chi connectivity index (χ3v) is 7.27. The Hall–Kier alpha value is -3.30. The van der Waals surface area contributed by atoms with Crippen LogP contribution in [-0.4, -0.2) is 41.2 Å². The molecule has 0 saturated heterocycles. The predicted octanol–water partition coefficient (Wildman–Crippen LogP) is 5.52. The van der Waals surface area contributed by atoms with Crippen molar-refractivity contribution in [3.05, 3.63) is 70.6 Å². The highest BCUT2D eigenvalue weighted by Crippen LogP contribution is 2.31. The highest BCUT2D eigenvalue weighted by atomic mass is 32.2. The number of hydrogen-bond acceptors (Lipinski definition) is 7. The highest BCUT2D eigenvalue weighted by molar-refractivity contribution is 8.00. The van der Waals surface area contributed by atoms with Crippen molar-refractivity contribution in [2.45, 2.75) is 37.7 Å². The summed E-state index contributed by atoms with van der Waals surface area (Å²) in [5, 5.41) is 12.6. The number of amides is 1. The van der Waals surface area contributed by atoms with Crippen LogP contribution in [-0.2, 0) is 16.0 Å². The molecule has 1 amide bonds. The van der Waals surface area contributed by atoms with Gasteiger partial charge in [-0.25, -0.2) is 4.79 Å². The van der Waals surface area contributed by atoms with E-state index in [0.29, 0.717) is 27.6 Å². The predicted molar refractivity (Wildman–Crippen MR) is 138 cm³/mol. The fourth-order valence-corrected chi connectivity index (χ4v) is 4.74. The number of aliphatic carboxylic acids is 1. The van der Waals surface area contributed by atoms with Gasteiger partial charge in [-0.2, -0.15) is 0 Å². The summed E-state index contributed by atoms with van der Waals surface area (Å²) in [7, 11) is 1.57. The number of benzene rings is 2. The van der Waals surface area contributed by atoms with E-state index in [1.807, 2.05) is 13.0 Å². The number of rotatable bonds is 11. The van der Waals surface area contributed by atoms with E-state index in [1.165, 1.54) is 36.9 Å². The molecule has 0 unspecified atom stereocenters. The summed E-state index contributed by atoms with van der Waals surface area (Å²) in [5.74, 6) is -0.203. The fourth-order valence-electron chi connectivity index (χ4n) is 3.03. The fraction of sp³-hybridized carbons (Fsp3) is 0.269. The van der Waals surface area contributed by atoms with E-state index in [9.17, 15) is 19.5 Å². The minimum atomic E-state index is -1.34. The first-order valence-corrected chi connectivity index (χ1v) is 12.7. The molecule has 2 N–H and O–H groups in total. The molecule has 7 nitrogen and oxygen atoms in total. The van der Waals surface area contributed by atoms with Gasteiger partial charge < -0.3 is 19.9 Å². The number of methoxy groups -OCH3 is 1. The van der Waals surface area contributed by atoms with Crippen LogP contribution in [0.5, 0.6) is 11.5 Å². The number of thiophene rings is 1. The molecule has 0 spiro atoms. The lowest BCUT2D eigenvalue weighted by Gasteiger charge is -2.21. The number of aryl methyl sites for hydroxylation is 1. The average Bonchev–Trinajstić information content (AvgIpc) is 3.25. The molecule has 3 rings (SSSR count). The first-order chi connectivity index (χ1) is 16.6. The smallest absolute Gasteiger partial charge is 0.347 e. The van der Waals surface area contributed by atoms with Crippen LogP contribution in [0, 0.1) is 0 Å². The summed E-state index contributed by atoms with van der Waals surface area (Å²) in [5.41, 5.74) is -0.351. The van der Waals surface area contributed by atoms with E-state index < -0.39 is 11.6 Å². The molecule has 9 heteroatoms. The number of carbonyl (C=O) groups excluding carboxylic acids is 2. The molecule has 0 aliphatic rings. The summed E-state index contributed by atoms with van der Waals surface area (Å²) >= 11 is 2.73. The zero-order valence-electron chi connectivity index (χ0n) is 19.9. The van der Waals surface area contributed by atoms with Crippen LogP contribution in [0.1, 0.15) is 41.6 Å². The van der Waals surface area contributed by atoms with Gasteiger partial charge in [0.1, 0.15) is 16.5 Å². The first-order valence-electron chi connectivity index (χ1n) is 10.9. The number of ether oxygens (including phenoxy) is 2. The molecule has 0 aliphatic heterocycles. The van der Waals surface area contributed by atoms with Gasteiger partial charge in [0, 0.05) is 15.3 Å². The van der Waals surface area contributed by atoms with Crippen molar-refractivity contribution in [2.24, 2.45) is 0 Å². The molecule has 0 radical (unpaired) electrons. The van der Waals surface area contributed by atoms with Gasteiger partial charge in [0.2, 0.25) is 5.91 Å². The number of carboxylic acid groups (broad SMARTS) is 1. The van der Waals surface area contributed by atoms with Crippen LogP contribution in [0.3, 0.4) is 0 Å². The summed E-state index contributed by atoms with van der Waals surface area (Å²) in [4.78, 5) is 38.8. The Morgan fingerprint density at radius 3 is 2.23 bits per heavy atom. The number of nitrogens with one attached hydrogen (secondary N) is 1. The lowest BCUT2D eigenvalue weighted by atomic mass is 10.0. The van der Waals surface area contributed by atoms with Crippen molar-refractivity contribution in [1.29, 1.82) is 0 Å². The molecule has 0 saturated carbocycles. The Morgan fingerprint density at radius 1 is 1.03 bits per heavy atom. The lowest BCUT2D eigenvalue weighted by Crippen LogP contribution is -2.37.